The number of hydrogen-bond acceptors (Lipinski definition) is 4. The summed E-state index contributed by atoms with van der Waals surface area (Å²) in [5, 5.41) is 5.48. The zero-order valence-corrected chi connectivity index (χ0v) is 15.1. The fourth-order valence-corrected chi connectivity index (χ4v) is 4.30. The molecule has 0 radical (unpaired) electrons. The molecule has 0 aliphatic carbocycles. The van der Waals surface area contributed by atoms with Crippen LogP contribution in [-0.2, 0) is 0 Å². The number of nitrogens with one attached hydrogen (secondary N) is 1. The molecule has 4 heteroatoms. The predicted octanol–water partition coefficient (Wildman–Crippen LogP) is 6.27. The lowest BCUT2D eigenvalue weighted by Crippen LogP contribution is -2.09. The third-order valence-electron chi connectivity index (χ3n) is 4.55. The summed E-state index contributed by atoms with van der Waals surface area (Å²) in [5.41, 5.74) is 2.68. The van der Waals surface area contributed by atoms with Crippen molar-refractivity contribution >= 4 is 39.9 Å². The average Bonchev–Trinajstić information content (AvgIpc) is 2.73. The van der Waals surface area contributed by atoms with E-state index < -0.39 is 0 Å². The number of rotatable bonds is 2. The van der Waals surface area contributed by atoms with E-state index in [1.54, 1.807) is 23.9 Å². The minimum absolute atomic E-state index is 0.352. The summed E-state index contributed by atoms with van der Waals surface area (Å²) in [4.78, 5) is 14.8. The first-order valence-electron chi connectivity index (χ1n) is 8.66. The Labute approximate surface area is 161 Å². The summed E-state index contributed by atoms with van der Waals surface area (Å²) < 4.78 is 5.79. The van der Waals surface area contributed by atoms with E-state index in [4.69, 9.17) is 4.74 Å². The Morgan fingerprint density at radius 1 is 0.778 bits per heavy atom. The molecule has 4 aromatic rings. The van der Waals surface area contributed by atoms with E-state index in [0.29, 0.717) is 11.3 Å². The third kappa shape index (κ3) is 2.84. The molecule has 1 aliphatic rings. The molecule has 1 heterocycles. The van der Waals surface area contributed by atoms with Crippen molar-refractivity contribution < 1.29 is 9.53 Å². The zero-order valence-electron chi connectivity index (χ0n) is 14.3. The van der Waals surface area contributed by atoms with Gasteiger partial charge in [0.2, 0.25) is 0 Å². The van der Waals surface area contributed by atoms with Crippen molar-refractivity contribution in [3.8, 4) is 5.75 Å². The molecular weight excluding hydrogens is 354 g/mol. The molecule has 0 saturated heterocycles. The molecule has 1 N–H and O–H groups in total. The van der Waals surface area contributed by atoms with Crippen LogP contribution < -0.4 is 10.1 Å². The Kier molecular flexibility index (Phi) is 3.84. The highest BCUT2D eigenvalue weighted by molar-refractivity contribution is 7.99. The number of fused-ring (bicyclic) bond motifs is 4. The molecule has 0 unspecified atom stereocenters. The van der Waals surface area contributed by atoms with E-state index in [9.17, 15) is 4.79 Å². The maximum absolute atomic E-state index is 12.6. The molecule has 27 heavy (non-hydrogen) atoms. The summed E-state index contributed by atoms with van der Waals surface area (Å²) >= 11 is 1.68. The first-order valence-corrected chi connectivity index (χ1v) is 9.48. The number of para-hydroxylation sites is 1. The molecule has 4 aromatic carbocycles. The van der Waals surface area contributed by atoms with Gasteiger partial charge in [-0.05, 0) is 30.3 Å². The van der Waals surface area contributed by atoms with Crippen LogP contribution in [0, 0.1) is 0 Å². The Balaban J connectivity index is 1.62. The predicted molar refractivity (Wildman–Crippen MR) is 109 cm³/mol. The van der Waals surface area contributed by atoms with Crippen LogP contribution in [0.5, 0.6) is 5.75 Å². The van der Waals surface area contributed by atoms with Crippen LogP contribution >= 0.6 is 11.8 Å². The lowest BCUT2D eigenvalue weighted by molar-refractivity contribution is 0.0737. The molecule has 0 bridgehead atoms. The first kappa shape index (κ1) is 16.0. The van der Waals surface area contributed by atoms with Gasteiger partial charge < -0.3 is 10.1 Å². The lowest BCUT2D eigenvalue weighted by Gasteiger charge is -2.23. The van der Waals surface area contributed by atoms with Gasteiger partial charge in [-0.1, -0.05) is 66.4 Å². The van der Waals surface area contributed by atoms with Crippen LogP contribution in [0.2, 0.25) is 0 Å². The van der Waals surface area contributed by atoms with Gasteiger partial charge in [0.25, 0.3) is 0 Å². The number of carbonyl (C=O) groups excluding carboxylic acids is 1. The number of carbonyl (C=O) groups is 1. The van der Waals surface area contributed by atoms with E-state index in [1.165, 1.54) is 0 Å². The van der Waals surface area contributed by atoms with Crippen molar-refractivity contribution in [2.75, 3.05) is 5.32 Å². The second-order valence-corrected chi connectivity index (χ2v) is 7.36. The Morgan fingerprint density at radius 3 is 2.33 bits per heavy atom. The summed E-state index contributed by atoms with van der Waals surface area (Å²) in [5.74, 6) is 0.224. The molecule has 0 spiro atoms. The Hall–Kier alpha value is -3.24. The lowest BCUT2D eigenvalue weighted by atomic mass is 10.1. The molecule has 3 nitrogen and oxygen atoms in total. The van der Waals surface area contributed by atoms with Crippen LogP contribution in [0.25, 0.3) is 10.8 Å². The van der Waals surface area contributed by atoms with Crippen molar-refractivity contribution in [1.29, 1.82) is 0 Å². The Morgan fingerprint density at radius 2 is 1.48 bits per heavy atom. The number of hydrogen-bond donors (Lipinski definition) is 1. The monoisotopic (exact) mass is 369 g/mol. The SMILES string of the molecule is O=C(Oc1cc2c(c3ccccc13)Nc1ccccc1S2)c1ccccc1. The van der Waals surface area contributed by atoms with Gasteiger partial charge in [-0.15, -0.1) is 0 Å². The molecule has 0 atom stereocenters. The van der Waals surface area contributed by atoms with Crippen molar-refractivity contribution in [3.05, 3.63) is 90.5 Å². The molecule has 0 aromatic heterocycles. The molecule has 0 saturated carbocycles. The van der Waals surface area contributed by atoms with Gasteiger partial charge >= 0.3 is 5.97 Å². The van der Waals surface area contributed by atoms with Gasteiger partial charge in [0.1, 0.15) is 5.75 Å². The summed E-state index contributed by atoms with van der Waals surface area (Å²) in [6.07, 6.45) is 0. The normalized spacial score (nSPS) is 12.0. The smallest absolute Gasteiger partial charge is 0.343 e. The minimum Gasteiger partial charge on any atom is -0.422 e. The zero-order chi connectivity index (χ0) is 18.2. The molecule has 130 valence electrons. The quantitative estimate of drug-likeness (QED) is 0.294. The minimum atomic E-state index is -0.352. The van der Waals surface area contributed by atoms with Crippen LogP contribution in [0.3, 0.4) is 0 Å². The first-order chi connectivity index (χ1) is 13.3. The summed E-state index contributed by atoms with van der Waals surface area (Å²) in [6, 6.07) is 27.2. The largest absolute Gasteiger partial charge is 0.422 e. The van der Waals surface area contributed by atoms with Gasteiger partial charge in [0, 0.05) is 20.6 Å². The van der Waals surface area contributed by atoms with Gasteiger partial charge in [0.15, 0.2) is 0 Å². The average molecular weight is 369 g/mol. The van der Waals surface area contributed by atoms with Gasteiger partial charge in [-0.25, -0.2) is 4.79 Å². The highest BCUT2D eigenvalue weighted by Crippen LogP contribution is 2.49. The van der Waals surface area contributed by atoms with Gasteiger partial charge in [-0.3, -0.25) is 0 Å². The van der Waals surface area contributed by atoms with Crippen LogP contribution in [0.15, 0.2) is 94.7 Å². The molecule has 1 aliphatic heterocycles. The van der Waals surface area contributed by atoms with Crippen molar-refractivity contribution in [2.24, 2.45) is 0 Å². The van der Waals surface area contributed by atoms with Gasteiger partial charge in [-0.2, -0.15) is 0 Å². The van der Waals surface area contributed by atoms with Crippen molar-refractivity contribution in [2.45, 2.75) is 9.79 Å². The van der Waals surface area contributed by atoms with E-state index in [2.05, 4.69) is 23.5 Å². The highest BCUT2D eigenvalue weighted by atomic mass is 32.2. The maximum atomic E-state index is 12.6. The molecule has 5 rings (SSSR count). The standard InChI is InChI=1S/C23H15NO2S/c25-23(15-8-2-1-3-9-15)26-19-14-21-22(17-11-5-4-10-16(17)19)24-18-12-6-7-13-20(18)27-21/h1-14,24H. The number of benzene rings is 4. The van der Waals surface area contributed by atoms with E-state index >= 15 is 0 Å². The number of anilines is 2. The fourth-order valence-electron chi connectivity index (χ4n) is 3.26. The van der Waals surface area contributed by atoms with E-state index in [0.717, 1.165) is 31.9 Å². The third-order valence-corrected chi connectivity index (χ3v) is 5.67. The van der Waals surface area contributed by atoms with Crippen molar-refractivity contribution in [3.63, 3.8) is 0 Å². The number of ether oxygens (including phenoxy) is 1. The summed E-state index contributed by atoms with van der Waals surface area (Å²) in [6.45, 7) is 0. The van der Waals surface area contributed by atoms with Crippen LogP contribution in [-0.4, -0.2) is 5.97 Å². The van der Waals surface area contributed by atoms with E-state index in [-0.39, 0.29) is 5.97 Å². The highest BCUT2D eigenvalue weighted by Gasteiger charge is 2.21. The Bertz CT molecular complexity index is 1170. The molecular formula is C23H15NO2S. The van der Waals surface area contributed by atoms with Crippen LogP contribution in [0.1, 0.15) is 10.4 Å². The second-order valence-electron chi connectivity index (χ2n) is 6.27. The van der Waals surface area contributed by atoms with Crippen molar-refractivity contribution in [1.82, 2.24) is 0 Å². The fraction of sp³-hybridized carbons (Fsp3) is 0. The van der Waals surface area contributed by atoms with E-state index in [1.807, 2.05) is 54.6 Å². The molecule has 0 fully saturated rings. The topological polar surface area (TPSA) is 38.3 Å². The van der Waals surface area contributed by atoms with Gasteiger partial charge in [0.05, 0.1) is 16.9 Å². The summed E-state index contributed by atoms with van der Waals surface area (Å²) in [7, 11) is 0. The van der Waals surface area contributed by atoms with Crippen LogP contribution in [0.4, 0.5) is 11.4 Å². The maximum Gasteiger partial charge on any atom is 0.343 e. The number of esters is 1. The second kappa shape index (κ2) is 6.49. The molecule has 0 amide bonds.